The predicted octanol–water partition coefficient (Wildman–Crippen LogP) is 9.20. The Morgan fingerprint density at radius 2 is 1.35 bits per heavy atom. The Balaban J connectivity index is 0.761. The minimum absolute atomic E-state index is 0.600. The molecule has 0 aliphatic carbocycles. The van der Waals surface area contributed by atoms with Crippen molar-refractivity contribution in [1.82, 2.24) is 30.2 Å². The molecule has 1 N–H and O–H groups in total. The monoisotopic (exact) mass is 729 g/mol. The van der Waals surface area contributed by atoms with Crippen molar-refractivity contribution in [3.05, 3.63) is 144 Å². The van der Waals surface area contributed by atoms with Gasteiger partial charge in [0.1, 0.15) is 5.82 Å². The third-order valence-corrected chi connectivity index (χ3v) is 11.2. The van der Waals surface area contributed by atoms with Gasteiger partial charge in [-0.15, -0.1) is 20.4 Å². The number of ether oxygens (including phenoxy) is 1. The summed E-state index contributed by atoms with van der Waals surface area (Å²) in [7, 11) is 0. The van der Waals surface area contributed by atoms with Crippen molar-refractivity contribution in [2.24, 2.45) is 5.92 Å². The number of nitrogens with one attached hydrogen (secondary N) is 1. The van der Waals surface area contributed by atoms with Crippen LogP contribution in [0.2, 0.25) is 0 Å². The van der Waals surface area contributed by atoms with Gasteiger partial charge in [0.05, 0.1) is 18.0 Å². The van der Waals surface area contributed by atoms with E-state index in [1.807, 2.05) is 42.5 Å². The van der Waals surface area contributed by atoms with Crippen LogP contribution in [-0.2, 0) is 19.5 Å². The van der Waals surface area contributed by atoms with Gasteiger partial charge in [0.2, 0.25) is 5.88 Å². The maximum Gasteiger partial charge on any atom is 0.233 e. The smallest absolute Gasteiger partial charge is 0.233 e. The van der Waals surface area contributed by atoms with E-state index in [0.29, 0.717) is 18.4 Å². The van der Waals surface area contributed by atoms with Gasteiger partial charge in [-0.25, -0.2) is 0 Å². The Labute approximate surface area is 325 Å². The highest BCUT2D eigenvalue weighted by molar-refractivity contribution is 5.72. The molecule has 0 atom stereocenters. The van der Waals surface area contributed by atoms with Crippen LogP contribution >= 0.6 is 0 Å². The summed E-state index contributed by atoms with van der Waals surface area (Å²) in [5, 5.41) is 21.1. The van der Waals surface area contributed by atoms with Gasteiger partial charge in [0.25, 0.3) is 0 Å². The molecule has 0 bridgehead atoms. The first-order valence-corrected chi connectivity index (χ1v) is 20.0. The van der Waals surface area contributed by atoms with Gasteiger partial charge in [-0.1, -0.05) is 103 Å². The van der Waals surface area contributed by atoms with Crippen LogP contribution in [0.15, 0.2) is 127 Å². The minimum Gasteiger partial charge on any atom is -0.477 e. The first kappa shape index (κ1) is 36.5. The van der Waals surface area contributed by atoms with E-state index >= 15 is 0 Å². The summed E-state index contributed by atoms with van der Waals surface area (Å²) in [6, 6.07) is 44.5. The van der Waals surface area contributed by atoms with Crippen LogP contribution in [0.1, 0.15) is 48.8 Å². The van der Waals surface area contributed by atoms with E-state index in [1.54, 1.807) is 0 Å². The van der Waals surface area contributed by atoms with Crippen molar-refractivity contribution in [2.75, 3.05) is 44.6 Å². The van der Waals surface area contributed by atoms with E-state index in [1.165, 1.54) is 40.7 Å². The molecule has 2 aliphatic heterocycles. The van der Waals surface area contributed by atoms with E-state index in [-0.39, 0.29) is 0 Å². The lowest BCUT2D eigenvalue weighted by Gasteiger charge is -2.31. The summed E-state index contributed by atoms with van der Waals surface area (Å²) < 4.78 is 6.03. The molecule has 6 aromatic rings. The van der Waals surface area contributed by atoms with Gasteiger partial charge < -0.3 is 10.1 Å². The van der Waals surface area contributed by atoms with Crippen LogP contribution in [0.4, 0.5) is 5.82 Å². The lowest BCUT2D eigenvalue weighted by Crippen LogP contribution is -2.33. The highest BCUT2D eigenvalue weighted by Gasteiger charge is 2.21. The molecule has 0 unspecified atom stereocenters. The quantitative estimate of drug-likeness (QED) is 0.105. The summed E-state index contributed by atoms with van der Waals surface area (Å²) in [4.78, 5) is 5.16. The fraction of sp³-hybridized carbons (Fsp3) is 0.319. The number of fused-ring (bicyclic) bond motifs is 1. The van der Waals surface area contributed by atoms with Gasteiger partial charge in [0.15, 0.2) is 0 Å². The van der Waals surface area contributed by atoms with Crippen molar-refractivity contribution in [3.63, 3.8) is 0 Å². The minimum atomic E-state index is 0.600. The summed E-state index contributed by atoms with van der Waals surface area (Å²) in [5.41, 5.74) is 10.8. The van der Waals surface area contributed by atoms with Crippen molar-refractivity contribution in [2.45, 2.75) is 51.6 Å². The highest BCUT2D eigenvalue weighted by Crippen LogP contribution is 2.32. The number of aromatic nitrogens is 4. The molecule has 280 valence electrons. The van der Waals surface area contributed by atoms with E-state index in [4.69, 9.17) is 4.74 Å². The maximum atomic E-state index is 6.03. The Bertz CT molecular complexity index is 2070. The molecule has 0 radical (unpaired) electrons. The topological polar surface area (TPSA) is 79.3 Å². The zero-order valence-electron chi connectivity index (χ0n) is 31.7. The first-order chi connectivity index (χ1) is 27.2. The summed E-state index contributed by atoms with van der Waals surface area (Å²) in [6.07, 6.45) is 6.81. The summed E-state index contributed by atoms with van der Waals surface area (Å²) in [5.74, 6) is 2.13. The number of benzene rings is 4. The van der Waals surface area contributed by atoms with Crippen LogP contribution in [-0.4, -0.2) is 69.5 Å². The number of nitrogens with zero attached hydrogens (tertiary/aromatic N) is 6. The third kappa shape index (κ3) is 9.82. The van der Waals surface area contributed by atoms with E-state index in [2.05, 4.69) is 120 Å². The molecule has 8 nitrogen and oxygen atoms in total. The molecule has 4 heterocycles. The van der Waals surface area contributed by atoms with Crippen molar-refractivity contribution >= 4 is 5.82 Å². The SMILES string of the molecule is c1ccc(CN2CCC(CCOc3ccc(-c4ccc(-c5cccc6c5CCN(CCCCNc5ccc(-c7ccccc7)nn5)C6)cc4)nn3)CC2)cc1. The molecule has 8 heteroatoms. The second kappa shape index (κ2) is 18.3. The maximum absolute atomic E-state index is 6.03. The Morgan fingerprint density at radius 1 is 0.618 bits per heavy atom. The molecule has 1 saturated heterocycles. The predicted molar refractivity (Wildman–Crippen MR) is 222 cm³/mol. The lowest BCUT2D eigenvalue weighted by molar-refractivity contribution is 0.156. The number of hydrogen-bond donors (Lipinski definition) is 1. The Hall–Kier alpha value is -5.44. The van der Waals surface area contributed by atoms with Gasteiger partial charge in [-0.05, 0) is 110 Å². The molecular formula is C47H51N7O. The number of unbranched alkanes of at least 4 members (excludes halogenated alkanes) is 1. The molecule has 1 fully saturated rings. The molecule has 2 aliphatic rings. The van der Waals surface area contributed by atoms with Crippen LogP contribution in [0, 0.1) is 5.92 Å². The molecule has 4 aromatic carbocycles. The second-order valence-corrected chi connectivity index (χ2v) is 14.9. The molecule has 8 rings (SSSR count). The van der Waals surface area contributed by atoms with E-state index in [9.17, 15) is 0 Å². The third-order valence-electron chi connectivity index (χ3n) is 11.2. The standard InChI is InChI=1S/C47H51N7O/c1-3-10-37(11-4-1)34-54-30-24-36(25-31-54)27-33-55-47-23-21-45(50-52-47)40-18-16-38(17-19-40)42-15-9-14-41-35-53(32-26-43(41)42)29-8-7-28-48-46-22-20-44(49-51-46)39-12-5-2-6-13-39/h1-6,9-23,36H,7-8,24-35H2,(H,48,51). The Kier molecular flexibility index (Phi) is 12.1. The molecule has 0 saturated carbocycles. The molecule has 0 spiro atoms. The second-order valence-electron chi connectivity index (χ2n) is 14.9. The van der Waals surface area contributed by atoms with Crippen LogP contribution in [0.5, 0.6) is 5.88 Å². The molecule has 2 aromatic heterocycles. The van der Waals surface area contributed by atoms with Gasteiger partial charge in [-0.3, -0.25) is 9.80 Å². The average Bonchev–Trinajstić information content (AvgIpc) is 3.25. The number of anilines is 1. The zero-order valence-corrected chi connectivity index (χ0v) is 31.7. The lowest BCUT2D eigenvalue weighted by atomic mass is 9.90. The molecule has 0 amide bonds. The summed E-state index contributed by atoms with van der Waals surface area (Å²) in [6.45, 7) is 8.11. The number of likely N-dealkylation sites (tertiary alicyclic amines) is 1. The van der Waals surface area contributed by atoms with E-state index in [0.717, 1.165) is 99.8 Å². The molecular weight excluding hydrogens is 679 g/mol. The van der Waals surface area contributed by atoms with E-state index < -0.39 is 0 Å². The van der Waals surface area contributed by atoms with Crippen molar-refractivity contribution < 1.29 is 4.74 Å². The van der Waals surface area contributed by atoms with Crippen molar-refractivity contribution in [1.29, 1.82) is 0 Å². The van der Waals surface area contributed by atoms with Crippen molar-refractivity contribution in [3.8, 4) is 39.5 Å². The zero-order chi connectivity index (χ0) is 37.1. The van der Waals surface area contributed by atoms with Crippen LogP contribution in [0.3, 0.4) is 0 Å². The van der Waals surface area contributed by atoms with Crippen LogP contribution < -0.4 is 10.1 Å². The fourth-order valence-corrected chi connectivity index (χ4v) is 7.97. The first-order valence-electron chi connectivity index (χ1n) is 20.0. The summed E-state index contributed by atoms with van der Waals surface area (Å²) >= 11 is 0. The van der Waals surface area contributed by atoms with Crippen LogP contribution in [0.25, 0.3) is 33.6 Å². The fourth-order valence-electron chi connectivity index (χ4n) is 7.97. The normalized spacial score (nSPS) is 15.1. The molecule has 55 heavy (non-hydrogen) atoms. The number of rotatable bonds is 15. The number of piperidine rings is 1. The Morgan fingerprint density at radius 3 is 2.09 bits per heavy atom. The number of hydrogen-bond acceptors (Lipinski definition) is 8. The largest absolute Gasteiger partial charge is 0.477 e. The van der Waals surface area contributed by atoms with Gasteiger partial charge >= 0.3 is 0 Å². The highest BCUT2D eigenvalue weighted by atomic mass is 16.5. The van der Waals surface area contributed by atoms with Gasteiger partial charge in [0, 0.05) is 43.4 Å². The average molecular weight is 730 g/mol. The van der Waals surface area contributed by atoms with Gasteiger partial charge in [-0.2, -0.15) is 0 Å².